The minimum absolute atomic E-state index is 0.346. The Balaban J connectivity index is 1.97. The molecule has 2 aromatic rings. The summed E-state index contributed by atoms with van der Waals surface area (Å²) in [6, 6.07) is 0.346. The standard InChI is InChI=1S/C11H17N5S/c1-6(2)9-13-14-11-16(9)15-10(17-11)7-3-4-8(12)5-7/h6-8H,3-5,12H2,1-2H3/t7-,8+/m1/s1. The summed E-state index contributed by atoms with van der Waals surface area (Å²) in [7, 11) is 0. The third-order valence-electron chi connectivity index (χ3n) is 3.37. The molecule has 0 bridgehead atoms. The average molecular weight is 251 g/mol. The predicted octanol–water partition coefficient (Wildman–Crippen LogP) is 1.90. The van der Waals surface area contributed by atoms with Crippen molar-refractivity contribution < 1.29 is 0 Å². The largest absolute Gasteiger partial charge is 0.328 e. The van der Waals surface area contributed by atoms with Gasteiger partial charge >= 0.3 is 0 Å². The van der Waals surface area contributed by atoms with Crippen molar-refractivity contribution in [2.24, 2.45) is 5.73 Å². The van der Waals surface area contributed by atoms with E-state index in [1.807, 2.05) is 4.52 Å². The van der Waals surface area contributed by atoms with Crippen molar-refractivity contribution in [1.29, 1.82) is 0 Å². The van der Waals surface area contributed by atoms with Gasteiger partial charge in [0.05, 0.1) is 0 Å². The third-order valence-corrected chi connectivity index (χ3v) is 4.43. The van der Waals surface area contributed by atoms with Gasteiger partial charge in [-0.15, -0.1) is 10.2 Å². The van der Waals surface area contributed by atoms with Crippen LogP contribution in [0.4, 0.5) is 0 Å². The lowest BCUT2D eigenvalue weighted by molar-refractivity contribution is 0.651. The van der Waals surface area contributed by atoms with Gasteiger partial charge in [0, 0.05) is 17.9 Å². The molecule has 17 heavy (non-hydrogen) atoms. The van der Waals surface area contributed by atoms with Gasteiger partial charge in [-0.25, -0.2) is 0 Å². The topological polar surface area (TPSA) is 69.1 Å². The molecular weight excluding hydrogens is 234 g/mol. The number of aromatic nitrogens is 4. The fourth-order valence-electron chi connectivity index (χ4n) is 2.41. The van der Waals surface area contributed by atoms with E-state index in [9.17, 15) is 0 Å². The quantitative estimate of drug-likeness (QED) is 0.885. The van der Waals surface area contributed by atoms with E-state index in [0.29, 0.717) is 17.9 Å². The van der Waals surface area contributed by atoms with Crippen LogP contribution in [0.1, 0.15) is 55.8 Å². The van der Waals surface area contributed by atoms with E-state index in [2.05, 4.69) is 29.1 Å². The van der Waals surface area contributed by atoms with Crippen LogP contribution in [0.2, 0.25) is 0 Å². The Morgan fingerprint density at radius 3 is 2.82 bits per heavy atom. The fraction of sp³-hybridized carbons (Fsp3) is 0.727. The molecule has 3 rings (SSSR count). The summed E-state index contributed by atoms with van der Waals surface area (Å²) in [6.07, 6.45) is 3.32. The lowest BCUT2D eigenvalue weighted by atomic mass is 10.1. The van der Waals surface area contributed by atoms with Crippen LogP contribution in [-0.4, -0.2) is 25.9 Å². The normalized spacial score (nSPS) is 25.2. The second kappa shape index (κ2) is 4.03. The number of fused-ring (bicyclic) bond motifs is 1. The van der Waals surface area contributed by atoms with Crippen molar-refractivity contribution in [2.75, 3.05) is 0 Å². The van der Waals surface area contributed by atoms with E-state index in [1.165, 1.54) is 5.01 Å². The Morgan fingerprint density at radius 1 is 1.35 bits per heavy atom. The van der Waals surface area contributed by atoms with Crippen LogP contribution in [0.15, 0.2) is 0 Å². The molecule has 0 unspecified atom stereocenters. The Labute approximate surface area is 104 Å². The Morgan fingerprint density at radius 2 is 2.18 bits per heavy atom. The molecule has 6 heteroatoms. The number of hydrogen-bond donors (Lipinski definition) is 1. The summed E-state index contributed by atoms with van der Waals surface area (Å²) in [6.45, 7) is 4.22. The molecule has 0 aromatic carbocycles. The summed E-state index contributed by atoms with van der Waals surface area (Å²) in [4.78, 5) is 0.907. The van der Waals surface area contributed by atoms with E-state index in [0.717, 1.165) is 30.0 Å². The van der Waals surface area contributed by atoms with Crippen molar-refractivity contribution in [3.63, 3.8) is 0 Å². The Kier molecular flexibility index (Phi) is 2.63. The zero-order valence-electron chi connectivity index (χ0n) is 10.1. The molecule has 1 aliphatic carbocycles. The molecule has 2 aromatic heterocycles. The monoisotopic (exact) mass is 251 g/mol. The fourth-order valence-corrected chi connectivity index (χ4v) is 3.41. The summed E-state index contributed by atoms with van der Waals surface area (Å²) in [5.74, 6) is 1.83. The molecule has 92 valence electrons. The van der Waals surface area contributed by atoms with E-state index in [1.54, 1.807) is 11.3 Å². The predicted molar refractivity (Wildman–Crippen MR) is 67.3 cm³/mol. The van der Waals surface area contributed by atoms with Crippen LogP contribution in [0.3, 0.4) is 0 Å². The summed E-state index contributed by atoms with van der Waals surface area (Å²) < 4.78 is 1.90. The summed E-state index contributed by atoms with van der Waals surface area (Å²) >= 11 is 1.66. The molecule has 0 radical (unpaired) electrons. The van der Waals surface area contributed by atoms with Gasteiger partial charge in [0.2, 0.25) is 4.96 Å². The van der Waals surface area contributed by atoms with Crippen LogP contribution >= 0.6 is 11.3 Å². The van der Waals surface area contributed by atoms with E-state index < -0.39 is 0 Å². The van der Waals surface area contributed by atoms with Crippen LogP contribution in [-0.2, 0) is 0 Å². The van der Waals surface area contributed by atoms with Gasteiger partial charge in [-0.2, -0.15) is 9.61 Å². The minimum Gasteiger partial charge on any atom is -0.328 e. The minimum atomic E-state index is 0.346. The first kappa shape index (κ1) is 11.1. The highest BCUT2D eigenvalue weighted by molar-refractivity contribution is 7.16. The van der Waals surface area contributed by atoms with Gasteiger partial charge in [-0.05, 0) is 19.3 Å². The highest BCUT2D eigenvalue weighted by atomic mass is 32.1. The molecule has 5 nitrogen and oxygen atoms in total. The van der Waals surface area contributed by atoms with Crippen molar-refractivity contribution in [1.82, 2.24) is 19.8 Å². The Bertz CT molecular complexity index is 529. The van der Waals surface area contributed by atoms with Crippen molar-refractivity contribution in [3.8, 4) is 0 Å². The van der Waals surface area contributed by atoms with Gasteiger partial charge < -0.3 is 5.73 Å². The molecule has 2 N–H and O–H groups in total. The molecule has 1 fully saturated rings. The molecule has 0 aliphatic heterocycles. The van der Waals surface area contributed by atoms with Gasteiger partial charge in [-0.3, -0.25) is 0 Å². The van der Waals surface area contributed by atoms with Crippen molar-refractivity contribution >= 4 is 16.3 Å². The highest BCUT2D eigenvalue weighted by Crippen LogP contribution is 2.35. The highest BCUT2D eigenvalue weighted by Gasteiger charge is 2.27. The molecule has 2 atom stereocenters. The van der Waals surface area contributed by atoms with Crippen LogP contribution < -0.4 is 5.73 Å². The summed E-state index contributed by atoms with van der Waals surface area (Å²) in [5.41, 5.74) is 5.95. The van der Waals surface area contributed by atoms with Crippen LogP contribution in [0.25, 0.3) is 4.96 Å². The first-order valence-electron chi connectivity index (χ1n) is 6.12. The smallest absolute Gasteiger partial charge is 0.234 e. The average Bonchev–Trinajstić information content (AvgIpc) is 2.89. The zero-order chi connectivity index (χ0) is 12.0. The maximum absolute atomic E-state index is 5.95. The molecule has 0 spiro atoms. The lowest BCUT2D eigenvalue weighted by Gasteiger charge is -2.03. The zero-order valence-corrected chi connectivity index (χ0v) is 10.9. The molecular formula is C11H17N5S. The second-order valence-electron chi connectivity index (χ2n) is 5.12. The molecule has 2 heterocycles. The number of rotatable bonds is 2. The van der Waals surface area contributed by atoms with Gasteiger partial charge in [0.1, 0.15) is 5.01 Å². The first-order chi connectivity index (χ1) is 8.15. The maximum Gasteiger partial charge on any atom is 0.234 e. The van der Waals surface area contributed by atoms with Gasteiger partial charge in [0.15, 0.2) is 5.82 Å². The van der Waals surface area contributed by atoms with Crippen molar-refractivity contribution in [3.05, 3.63) is 10.8 Å². The van der Waals surface area contributed by atoms with Crippen LogP contribution in [0, 0.1) is 0 Å². The number of hydrogen-bond acceptors (Lipinski definition) is 5. The maximum atomic E-state index is 5.95. The molecule has 0 saturated heterocycles. The van der Waals surface area contributed by atoms with E-state index in [-0.39, 0.29) is 0 Å². The molecule has 0 amide bonds. The third kappa shape index (κ3) is 1.85. The van der Waals surface area contributed by atoms with Crippen LogP contribution in [0.5, 0.6) is 0 Å². The summed E-state index contributed by atoms with van der Waals surface area (Å²) in [5, 5.41) is 14.2. The first-order valence-corrected chi connectivity index (χ1v) is 6.94. The van der Waals surface area contributed by atoms with Gasteiger partial charge in [-0.1, -0.05) is 25.2 Å². The number of nitrogens with zero attached hydrogens (tertiary/aromatic N) is 4. The number of nitrogens with two attached hydrogens (primary N) is 1. The van der Waals surface area contributed by atoms with E-state index in [4.69, 9.17) is 5.73 Å². The second-order valence-corrected chi connectivity index (χ2v) is 6.11. The lowest BCUT2D eigenvalue weighted by Crippen LogP contribution is -2.14. The SMILES string of the molecule is CC(C)c1nnc2sc([C@@H]3CC[C@H](N)C3)nn12. The molecule has 1 saturated carbocycles. The van der Waals surface area contributed by atoms with Crippen molar-refractivity contribution in [2.45, 2.75) is 51.0 Å². The van der Waals surface area contributed by atoms with Gasteiger partial charge in [0.25, 0.3) is 0 Å². The van der Waals surface area contributed by atoms with E-state index >= 15 is 0 Å². The molecule has 1 aliphatic rings. The Hall–Kier alpha value is -1.01.